The number of amides is 2. The first-order chi connectivity index (χ1) is 10.1. The molecule has 4 nitrogen and oxygen atoms in total. The van der Waals surface area contributed by atoms with Crippen molar-refractivity contribution in [3.05, 3.63) is 46.2 Å². The Morgan fingerprint density at radius 3 is 3.00 bits per heavy atom. The fourth-order valence-corrected chi connectivity index (χ4v) is 3.12. The molecule has 0 bridgehead atoms. The summed E-state index contributed by atoms with van der Waals surface area (Å²) in [6.07, 6.45) is 1.22. The Bertz CT molecular complexity index is 680. The van der Waals surface area contributed by atoms with E-state index in [1.165, 1.54) is 4.88 Å². The van der Waals surface area contributed by atoms with Gasteiger partial charge in [-0.1, -0.05) is 6.07 Å². The van der Waals surface area contributed by atoms with Crippen molar-refractivity contribution < 1.29 is 9.59 Å². The van der Waals surface area contributed by atoms with Gasteiger partial charge < -0.3 is 10.6 Å². The molecule has 0 spiro atoms. The number of hydrogen-bond acceptors (Lipinski definition) is 3. The smallest absolute Gasteiger partial charge is 0.231 e. The first-order valence-electron chi connectivity index (χ1n) is 6.90. The molecular formula is C16H16N2O2S. The maximum Gasteiger partial charge on any atom is 0.231 e. The summed E-state index contributed by atoms with van der Waals surface area (Å²) in [4.78, 5) is 24.8. The molecule has 2 heterocycles. The van der Waals surface area contributed by atoms with E-state index in [-0.39, 0.29) is 17.7 Å². The lowest BCUT2D eigenvalue weighted by molar-refractivity contribution is -0.117. The minimum Gasteiger partial charge on any atom is -0.326 e. The number of thiophene rings is 1. The number of fused-ring (bicyclic) bond motifs is 1. The van der Waals surface area contributed by atoms with E-state index in [0.29, 0.717) is 6.42 Å². The Kier molecular flexibility index (Phi) is 3.75. The molecule has 108 valence electrons. The van der Waals surface area contributed by atoms with Crippen LogP contribution in [0, 0.1) is 0 Å². The fraction of sp³-hybridized carbons (Fsp3) is 0.250. The standard InChI is InChI=1S/C16H16N2O2S/c1-10-13-9-11(4-6-14(13)18-16(10)20)17-15(19)7-5-12-3-2-8-21-12/h2-4,6,8-10H,5,7H2,1H3,(H,17,19)(H,18,20). The van der Waals surface area contributed by atoms with Gasteiger partial charge in [-0.25, -0.2) is 0 Å². The molecule has 1 aromatic carbocycles. The monoisotopic (exact) mass is 300 g/mol. The summed E-state index contributed by atoms with van der Waals surface area (Å²) >= 11 is 1.66. The Morgan fingerprint density at radius 1 is 1.38 bits per heavy atom. The lowest BCUT2D eigenvalue weighted by atomic mass is 10.0. The van der Waals surface area contributed by atoms with Crippen LogP contribution in [0.4, 0.5) is 11.4 Å². The average Bonchev–Trinajstić information content (AvgIpc) is 3.07. The minimum atomic E-state index is -0.164. The van der Waals surface area contributed by atoms with Gasteiger partial charge in [-0.05, 0) is 48.6 Å². The molecule has 5 heteroatoms. The molecule has 1 unspecified atom stereocenters. The van der Waals surface area contributed by atoms with Crippen molar-refractivity contribution in [1.29, 1.82) is 0 Å². The molecular weight excluding hydrogens is 284 g/mol. The van der Waals surface area contributed by atoms with Crippen molar-refractivity contribution in [2.45, 2.75) is 25.7 Å². The highest BCUT2D eigenvalue weighted by Gasteiger charge is 2.26. The van der Waals surface area contributed by atoms with E-state index >= 15 is 0 Å². The average molecular weight is 300 g/mol. The maximum atomic E-state index is 12.0. The zero-order valence-corrected chi connectivity index (χ0v) is 12.5. The molecule has 1 aromatic heterocycles. The van der Waals surface area contributed by atoms with Crippen LogP contribution in [0.1, 0.15) is 29.7 Å². The van der Waals surface area contributed by atoms with Crippen LogP contribution in [0.3, 0.4) is 0 Å². The number of benzene rings is 1. The number of carbonyl (C=O) groups is 2. The van der Waals surface area contributed by atoms with Crippen LogP contribution in [0.5, 0.6) is 0 Å². The molecule has 2 amide bonds. The molecule has 1 aliphatic rings. The Labute approximate surface area is 127 Å². The maximum absolute atomic E-state index is 12.0. The Morgan fingerprint density at radius 2 is 2.24 bits per heavy atom. The molecule has 0 saturated heterocycles. The number of anilines is 2. The molecule has 0 fully saturated rings. The zero-order valence-electron chi connectivity index (χ0n) is 11.7. The summed E-state index contributed by atoms with van der Waals surface area (Å²) in [5.41, 5.74) is 2.52. The van der Waals surface area contributed by atoms with Gasteiger partial charge in [0.25, 0.3) is 0 Å². The summed E-state index contributed by atoms with van der Waals surface area (Å²) in [5.74, 6) is -0.164. The van der Waals surface area contributed by atoms with E-state index in [9.17, 15) is 9.59 Å². The van der Waals surface area contributed by atoms with Gasteiger partial charge in [0.05, 0.1) is 5.92 Å². The van der Waals surface area contributed by atoms with Crippen molar-refractivity contribution in [2.24, 2.45) is 0 Å². The highest BCUT2D eigenvalue weighted by molar-refractivity contribution is 7.09. The van der Waals surface area contributed by atoms with Crippen LogP contribution in [-0.4, -0.2) is 11.8 Å². The van der Waals surface area contributed by atoms with Crippen molar-refractivity contribution in [3.63, 3.8) is 0 Å². The predicted octanol–water partition coefficient (Wildman–Crippen LogP) is 3.38. The SMILES string of the molecule is CC1C(=O)Nc2ccc(NC(=O)CCc3cccs3)cc21. The lowest BCUT2D eigenvalue weighted by Gasteiger charge is -2.08. The van der Waals surface area contributed by atoms with E-state index in [1.54, 1.807) is 11.3 Å². The Balaban J connectivity index is 1.63. The van der Waals surface area contributed by atoms with Crippen molar-refractivity contribution in [3.8, 4) is 0 Å². The number of hydrogen-bond donors (Lipinski definition) is 2. The second-order valence-corrected chi connectivity index (χ2v) is 6.17. The topological polar surface area (TPSA) is 58.2 Å². The van der Waals surface area contributed by atoms with Crippen LogP contribution in [0.15, 0.2) is 35.7 Å². The van der Waals surface area contributed by atoms with Gasteiger partial charge in [-0.15, -0.1) is 11.3 Å². The molecule has 1 aliphatic heterocycles. The van der Waals surface area contributed by atoms with Crippen LogP contribution in [0.2, 0.25) is 0 Å². The summed E-state index contributed by atoms with van der Waals surface area (Å²) < 4.78 is 0. The van der Waals surface area contributed by atoms with Crippen molar-refractivity contribution in [1.82, 2.24) is 0 Å². The molecule has 21 heavy (non-hydrogen) atoms. The predicted molar refractivity (Wildman–Crippen MR) is 84.8 cm³/mol. The highest BCUT2D eigenvalue weighted by atomic mass is 32.1. The van der Waals surface area contributed by atoms with Gasteiger partial charge in [0.1, 0.15) is 0 Å². The Hall–Kier alpha value is -2.14. The second kappa shape index (κ2) is 5.69. The number of nitrogens with one attached hydrogen (secondary N) is 2. The quantitative estimate of drug-likeness (QED) is 0.909. The minimum absolute atomic E-state index is 0.00571. The molecule has 2 aromatic rings. The first kappa shape index (κ1) is 13.8. The summed E-state index contributed by atoms with van der Waals surface area (Å²) in [7, 11) is 0. The number of rotatable bonds is 4. The lowest BCUT2D eigenvalue weighted by Crippen LogP contribution is -2.12. The van der Waals surface area contributed by atoms with E-state index in [1.807, 2.05) is 42.6 Å². The number of aryl methyl sites for hydroxylation is 1. The summed E-state index contributed by atoms with van der Waals surface area (Å²) in [6, 6.07) is 9.56. The van der Waals surface area contributed by atoms with Crippen LogP contribution in [0.25, 0.3) is 0 Å². The molecule has 0 radical (unpaired) electrons. The van der Waals surface area contributed by atoms with E-state index in [2.05, 4.69) is 10.6 Å². The van der Waals surface area contributed by atoms with Gasteiger partial charge in [-0.2, -0.15) is 0 Å². The molecule has 0 saturated carbocycles. The zero-order chi connectivity index (χ0) is 14.8. The van der Waals surface area contributed by atoms with E-state index in [0.717, 1.165) is 23.4 Å². The largest absolute Gasteiger partial charge is 0.326 e. The normalized spacial score (nSPS) is 16.4. The van der Waals surface area contributed by atoms with Gasteiger partial charge in [0, 0.05) is 22.7 Å². The van der Waals surface area contributed by atoms with Gasteiger partial charge >= 0.3 is 0 Å². The van der Waals surface area contributed by atoms with Crippen molar-refractivity contribution >= 4 is 34.5 Å². The summed E-state index contributed by atoms with van der Waals surface area (Å²) in [6.45, 7) is 1.86. The third kappa shape index (κ3) is 2.97. The van der Waals surface area contributed by atoms with Gasteiger partial charge in [0.15, 0.2) is 0 Å². The highest BCUT2D eigenvalue weighted by Crippen LogP contribution is 2.34. The second-order valence-electron chi connectivity index (χ2n) is 5.14. The van der Waals surface area contributed by atoms with Gasteiger partial charge in [0.2, 0.25) is 11.8 Å². The van der Waals surface area contributed by atoms with E-state index < -0.39 is 0 Å². The molecule has 1 atom stereocenters. The third-order valence-electron chi connectivity index (χ3n) is 3.63. The molecule has 2 N–H and O–H groups in total. The van der Waals surface area contributed by atoms with Crippen LogP contribution >= 0.6 is 11.3 Å². The molecule has 3 rings (SSSR count). The first-order valence-corrected chi connectivity index (χ1v) is 7.78. The van der Waals surface area contributed by atoms with Gasteiger partial charge in [-0.3, -0.25) is 9.59 Å². The van der Waals surface area contributed by atoms with E-state index in [4.69, 9.17) is 0 Å². The number of carbonyl (C=O) groups excluding carboxylic acids is 2. The van der Waals surface area contributed by atoms with Crippen molar-refractivity contribution in [2.75, 3.05) is 10.6 Å². The third-order valence-corrected chi connectivity index (χ3v) is 4.57. The van der Waals surface area contributed by atoms with Crippen LogP contribution in [-0.2, 0) is 16.0 Å². The summed E-state index contributed by atoms with van der Waals surface area (Å²) in [5, 5.41) is 7.73. The molecule has 0 aliphatic carbocycles. The van der Waals surface area contributed by atoms with Crippen LogP contribution < -0.4 is 10.6 Å². The fourth-order valence-electron chi connectivity index (χ4n) is 2.41.